The molecule has 0 aromatic heterocycles. The third kappa shape index (κ3) is 5.85. The monoisotopic (exact) mass is 442 g/mol. The van der Waals surface area contributed by atoms with Gasteiger partial charge < -0.3 is 9.47 Å². The Kier molecular flexibility index (Phi) is 8.56. The first-order valence-corrected chi connectivity index (χ1v) is 9.06. The molecule has 0 fully saturated rings. The van der Waals surface area contributed by atoms with Crippen molar-refractivity contribution in [3.63, 3.8) is 0 Å². The predicted molar refractivity (Wildman–Crippen MR) is 102 cm³/mol. The summed E-state index contributed by atoms with van der Waals surface area (Å²) >= 11 is 3.20. The molecule has 4 nitrogen and oxygen atoms in total. The van der Waals surface area contributed by atoms with Crippen LogP contribution < -0.4 is 0 Å². The summed E-state index contributed by atoms with van der Waals surface area (Å²) in [7, 11) is 2.62. The van der Waals surface area contributed by atoms with Gasteiger partial charge in [-0.2, -0.15) is 0 Å². The Labute approximate surface area is 165 Å². The molecule has 27 heavy (non-hydrogen) atoms. The largest absolute Gasteiger partial charge is 0.465 e. The van der Waals surface area contributed by atoms with Gasteiger partial charge in [-0.3, -0.25) is 0 Å². The van der Waals surface area contributed by atoms with Crippen molar-refractivity contribution in [2.24, 2.45) is 0 Å². The van der Waals surface area contributed by atoms with Crippen LogP contribution in [0.2, 0.25) is 0 Å². The molecule has 0 aliphatic heterocycles. The molecule has 0 spiro atoms. The van der Waals surface area contributed by atoms with E-state index < -0.39 is 11.9 Å². The normalized spacial score (nSPS) is 9.93. The van der Waals surface area contributed by atoms with E-state index in [4.69, 9.17) is 0 Å². The molecule has 0 heterocycles. The fourth-order valence-corrected chi connectivity index (χ4v) is 3.09. The SMILES string of the molecule is COC(=O)c1c(C)cc(F)cc1C.COC(=O)c1c(C)cc(F)cc1CBr. The minimum Gasteiger partial charge on any atom is -0.465 e. The van der Waals surface area contributed by atoms with E-state index in [0.717, 1.165) is 0 Å². The average Bonchev–Trinajstić information content (AvgIpc) is 2.59. The molecule has 2 aromatic carbocycles. The molecule has 2 rings (SSSR count). The van der Waals surface area contributed by atoms with Gasteiger partial charge in [0.25, 0.3) is 0 Å². The van der Waals surface area contributed by atoms with Crippen LogP contribution in [0.15, 0.2) is 24.3 Å². The number of carbonyl (C=O) groups is 2. The number of methoxy groups -OCH3 is 2. The quantitative estimate of drug-likeness (QED) is 0.493. The molecule has 0 atom stereocenters. The van der Waals surface area contributed by atoms with Crippen molar-refractivity contribution in [3.8, 4) is 0 Å². The van der Waals surface area contributed by atoms with Crippen molar-refractivity contribution in [3.05, 3.63) is 69.3 Å². The number of ether oxygens (including phenoxy) is 2. The number of hydrogen-bond donors (Lipinski definition) is 0. The van der Waals surface area contributed by atoms with Gasteiger partial charge in [-0.25, -0.2) is 18.4 Å². The smallest absolute Gasteiger partial charge is 0.338 e. The number of alkyl halides is 1. The maximum Gasteiger partial charge on any atom is 0.338 e. The van der Waals surface area contributed by atoms with Crippen LogP contribution >= 0.6 is 15.9 Å². The van der Waals surface area contributed by atoms with Crippen LogP contribution in [0.4, 0.5) is 8.78 Å². The first-order chi connectivity index (χ1) is 12.7. The van der Waals surface area contributed by atoms with Crippen LogP contribution in [-0.2, 0) is 14.8 Å². The highest BCUT2D eigenvalue weighted by Crippen LogP contribution is 2.20. The Hall–Kier alpha value is -2.28. The molecule has 0 aliphatic carbocycles. The number of carbonyl (C=O) groups excluding carboxylic acids is 2. The van der Waals surface area contributed by atoms with Gasteiger partial charge in [-0.1, -0.05) is 15.9 Å². The number of hydrogen-bond acceptors (Lipinski definition) is 4. The van der Waals surface area contributed by atoms with Crippen LogP contribution in [0.1, 0.15) is 43.0 Å². The maximum absolute atomic E-state index is 13.0. The zero-order valence-corrected chi connectivity index (χ0v) is 17.4. The summed E-state index contributed by atoms with van der Waals surface area (Å²) in [6.07, 6.45) is 0. The van der Waals surface area contributed by atoms with Gasteiger partial charge in [0.2, 0.25) is 0 Å². The summed E-state index contributed by atoms with van der Waals surface area (Å²) in [6, 6.07) is 5.28. The Bertz CT molecular complexity index is 827. The summed E-state index contributed by atoms with van der Waals surface area (Å²) < 4.78 is 35.0. The van der Waals surface area contributed by atoms with Gasteiger partial charge in [0.1, 0.15) is 11.6 Å². The number of esters is 2. The minimum absolute atomic E-state index is 0.331. The first-order valence-electron chi connectivity index (χ1n) is 7.94. The molecule has 7 heteroatoms. The summed E-state index contributed by atoms with van der Waals surface area (Å²) in [5.41, 5.74) is 3.28. The van der Waals surface area contributed by atoms with E-state index in [1.54, 1.807) is 20.8 Å². The highest BCUT2D eigenvalue weighted by molar-refractivity contribution is 9.08. The molecule has 0 bridgehead atoms. The lowest BCUT2D eigenvalue weighted by atomic mass is 10.0. The van der Waals surface area contributed by atoms with Crippen molar-refractivity contribution in [2.45, 2.75) is 26.1 Å². The van der Waals surface area contributed by atoms with Gasteiger partial charge in [0.05, 0.1) is 25.3 Å². The van der Waals surface area contributed by atoms with Gasteiger partial charge in [-0.15, -0.1) is 0 Å². The van der Waals surface area contributed by atoms with E-state index in [1.165, 1.54) is 38.5 Å². The van der Waals surface area contributed by atoms with E-state index in [2.05, 4.69) is 25.4 Å². The second-order valence-corrected chi connectivity index (χ2v) is 6.35. The van der Waals surface area contributed by atoms with Crippen LogP contribution in [0.5, 0.6) is 0 Å². The first kappa shape index (κ1) is 22.8. The average molecular weight is 443 g/mol. The van der Waals surface area contributed by atoms with E-state index in [9.17, 15) is 18.4 Å². The zero-order chi connectivity index (χ0) is 20.7. The summed E-state index contributed by atoms with van der Waals surface area (Å²) in [4.78, 5) is 22.6. The molecule has 0 N–H and O–H groups in total. The molecule has 0 radical (unpaired) electrons. The van der Waals surface area contributed by atoms with Gasteiger partial charge in [0, 0.05) is 5.33 Å². The highest BCUT2D eigenvalue weighted by Gasteiger charge is 2.15. The fraction of sp³-hybridized carbons (Fsp3) is 0.300. The summed E-state index contributed by atoms with van der Waals surface area (Å²) in [5, 5.41) is 0.427. The van der Waals surface area contributed by atoms with Gasteiger partial charge >= 0.3 is 11.9 Å². The highest BCUT2D eigenvalue weighted by atomic mass is 79.9. The molecule has 0 saturated heterocycles. The third-order valence-corrected chi connectivity index (χ3v) is 4.41. The number of rotatable bonds is 3. The van der Waals surface area contributed by atoms with E-state index >= 15 is 0 Å². The van der Waals surface area contributed by atoms with Crippen molar-refractivity contribution in [1.82, 2.24) is 0 Å². The predicted octanol–water partition coefficient (Wildman–Crippen LogP) is 5.04. The van der Waals surface area contributed by atoms with Gasteiger partial charge in [0.15, 0.2) is 0 Å². The van der Waals surface area contributed by atoms with Gasteiger partial charge in [-0.05, 0) is 67.3 Å². The topological polar surface area (TPSA) is 52.6 Å². The zero-order valence-electron chi connectivity index (χ0n) is 15.8. The lowest BCUT2D eigenvalue weighted by Crippen LogP contribution is -2.08. The molecule has 0 saturated carbocycles. The second-order valence-electron chi connectivity index (χ2n) is 5.79. The third-order valence-electron chi connectivity index (χ3n) is 3.80. The minimum atomic E-state index is -0.433. The summed E-state index contributed by atoms with van der Waals surface area (Å²) in [5.74, 6) is -1.53. The lowest BCUT2D eigenvalue weighted by molar-refractivity contribution is 0.0589. The van der Waals surface area contributed by atoms with Crippen molar-refractivity contribution in [1.29, 1.82) is 0 Å². The fourth-order valence-electron chi connectivity index (χ4n) is 2.65. The Morgan fingerprint density at radius 2 is 1.19 bits per heavy atom. The summed E-state index contributed by atoms with van der Waals surface area (Å²) in [6.45, 7) is 5.05. The Morgan fingerprint density at radius 1 is 0.815 bits per heavy atom. The van der Waals surface area contributed by atoms with Crippen molar-refractivity contribution < 1.29 is 27.8 Å². The molecular formula is C20H21BrF2O4. The number of aryl methyl sites for hydroxylation is 3. The van der Waals surface area contributed by atoms with Crippen molar-refractivity contribution in [2.75, 3.05) is 14.2 Å². The van der Waals surface area contributed by atoms with E-state index in [-0.39, 0.29) is 11.6 Å². The van der Waals surface area contributed by atoms with E-state index in [0.29, 0.717) is 38.7 Å². The van der Waals surface area contributed by atoms with E-state index in [1.807, 2.05) is 0 Å². The maximum atomic E-state index is 13.0. The van der Waals surface area contributed by atoms with Crippen LogP contribution in [0.3, 0.4) is 0 Å². The van der Waals surface area contributed by atoms with Crippen LogP contribution in [0.25, 0.3) is 0 Å². The number of halogens is 3. The van der Waals surface area contributed by atoms with Crippen LogP contribution in [-0.4, -0.2) is 26.2 Å². The lowest BCUT2D eigenvalue weighted by Gasteiger charge is -2.08. The molecular weight excluding hydrogens is 422 g/mol. The second kappa shape index (κ2) is 10.2. The number of benzene rings is 2. The van der Waals surface area contributed by atoms with Crippen LogP contribution in [0, 0.1) is 32.4 Å². The molecule has 0 aliphatic rings. The Morgan fingerprint density at radius 3 is 1.59 bits per heavy atom. The van der Waals surface area contributed by atoms with Crippen molar-refractivity contribution >= 4 is 27.9 Å². The molecule has 146 valence electrons. The molecule has 2 aromatic rings. The standard InChI is InChI=1S/C10H10BrFO2.C10H11FO2/c1-6-3-8(12)4-7(5-11)9(6)10(13)14-2;1-6-4-8(11)5-7(2)9(6)10(12)13-3/h3-4H,5H2,1-2H3;4-5H,1-3H3. The Balaban J connectivity index is 0.000000271. The molecule has 0 amide bonds. The molecule has 0 unspecified atom stereocenters.